The van der Waals surface area contributed by atoms with E-state index in [1.54, 1.807) is 12.1 Å². The van der Waals surface area contributed by atoms with Crippen LogP contribution < -0.4 is 24.8 Å². The number of urea groups is 1. The summed E-state index contributed by atoms with van der Waals surface area (Å²) < 4.78 is 18.2. The molecule has 44 heavy (non-hydrogen) atoms. The van der Waals surface area contributed by atoms with Crippen molar-refractivity contribution in [1.29, 1.82) is 5.41 Å². The van der Waals surface area contributed by atoms with Crippen LogP contribution in [-0.4, -0.2) is 63.9 Å². The van der Waals surface area contributed by atoms with E-state index in [1.807, 2.05) is 63.2 Å². The Morgan fingerprint density at radius 1 is 1.07 bits per heavy atom. The molecule has 2 heterocycles. The Labute approximate surface area is 269 Å². The van der Waals surface area contributed by atoms with Crippen molar-refractivity contribution in [3.05, 3.63) is 82.3 Å². The van der Waals surface area contributed by atoms with Gasteiger partial charge in [0.15, 0.2) is 5.79 Å². The molecule has 2 amide bonds. The number of anilines is 3. The van der Waals surface area contributed by atoms with E-state index in [4.69, 9.17) is 42.8 Å². The average Bonchev–Trinajstić information content (AvgIpc) is 3.42. The lowest BCUT2D eigenvalue weighted by molar-refractivity contribution is -0.164. The van der Waals surface area contributed by atoms with Gasteiger partial charge in [0.2, 0.25) is 0 Å². The summed E-state index contributed by atoms with van der Waals surface area (Å²) in [6, 6.07) is 21.0. The van der Waals surface area contributed by atoms with Crippen LogP contribution in [0.25, 0.3) is 0 Å². The zero-order valence-corrected chi connectivity index (χ0v) is 26.8. The van der Waals surface area contributed by atoms with E-state index in [1.165, 1.54) is 4.90 Å². The van der Waals surface area contributed by atoms with Crippen LogP contribution >= 0.6 is 23.2 Å². The Hall–Kier alpha value is -3.50. The maximum Gasteiger partial charge on any atom is 0.327 e. The van der Waals surface area contributed by atoms with Gasteiger partial charge in [0, 0.05) is 54.2 Å². The summed E-state index contributed by atoms with van der Waals surface area (Å²) in [5.74, 6) is -0.181. The monoisotopic (exact) mass is 639 g/mol. The largest absolute Gasteiger partial charge is 0.491 e. The number of rotatable bonds is 10. The number of amides is 2. The molecule has 11 heteroatoms. The van der Waals surface area contributed by atoms with E-state index in [0.717, 1.165) is 61.6 Å². The molecular formula is C33H39Cl2N5O4. The molecule has 3 unspecified atom stereocenters. The van der Waals surface area contributed by atoms with Gasteiger partial charge in [-0.1, -0.05) is 36.2 Å². The molecule has 234 valence electrons. The molecule has 2 saturated heterocycles. The Morgan fingerprint density at radius 3 is 2.25 bits per heavy atom. The molecule has 2 aliphatic rings. The molecule has 0 radical (unpaired) electrons. The second-order valence-corrected chi connectivity index (χ2v) is 12.0. The second-order valence-electron chi connectivity index (χ2n) is 11.2. The summed E-state index contributed by atoms with van der Waals surface area (Å²) in [5.41, 5.74) is 3.64. The summed E-state index contributed by atoms with van der Waals surface area (Å²) in [6.07, 6.45) is 1.64. The van der Waals surface area contributed by atoms with E-state index < -0.39 is 5.79 Å². The predicted octanol–water partition coefficient (Wildman–Crippen LogP) is 6.91. The van der Waals surface area contributed by atoms with Gasteiger partial charge in [-0.15, -0.1) is 0 Å². The Kier molecular flexibility index (Phi) is 10.2. The van der Waals surface area contributed by atoms with E-state index in [-0.39, 0.29) is 18.2 Å². The third-order valence-corrected chi connectivity index (χ3v) is 8.65. The van der Waals surface area contributed by atoms with Crippen molar-refractivity contribution in [2.24, 2.45) is 0 Å². The summed E-state index contributed by atoms with van der Waals surface area (Å²) in [7, 11) is 0. The van der Waals surface area contributed by atoms with Gasteiger partial charge in [-0.3, -0.25) is 10.3 Å². The second kappa shape index (κ2) is 14.1. The van der Waals surface area contributed by atoms with Crippen LogP contribution in [0.3, 0.4) is 0 Å². The van der Waals surface area contributed by atoms with Gasteiger partial charge in [-0.05, 0) is 80.9 Å². The fourth-order valence-corrected chi connectivity index (χ4v) is 5.92. The van der Waals surface area contributed by atoms with Crippen LogP contribution in [0.4, 0.5) is 21.9 Å². The van der Waals surface area contributed by atoms with E-state index in [2.05, 4.69) is 27.2 Å². The van der Waals surface area contributed by atoms with Gasteiger partial charge in [0.05, 0.1) is 23.7 Å². The topological polar surface area (TPSA) is 90.4 Å². The molecule has 2 fully saturated rings. The summed E-state index contributed by atoms with van der Waals surface area (Å²) in [5, 5.41) is 11.7. The molecule has 0 bridgehead atoms. The summed E-state index contributed by atoms with van der Waals surface area (Å²) in [6.45, 7) is 10.1. The van der Waals surface area contributed by atoms with Crippen molar-refractivity contribution in [1.82, 2.24) is 5.32 Å². The number of ether oxygens (including phenoxy) is 3. The number of nitrogens with zero attached hydrogens (tertiary/aromatic N) is 3. The molecular weight excluding hydrogens is 601 g/mol. The maximum atomic E-state index is 12.5. The van der Waals surface area contributed by atoms with Gasteiger partial charge >= 0.3 is 6.03 Å². The smallest absolute Gasteiger partial charge is 0.327 e. The molecule has 3 aromatic carbocycles. The molecule has 3 aromatic rings. The zero-order chi connectivity index (χ0) is 31.3. The highest BCUT2D eigenvalue weighted by Gasteiger charge is 2.40. The van der Waals surface area contributed by atoms with Crippen molar-refractivity contribution in [2.75, 3.05) is 54.1 Å². The van der Waals surface area contributed by atoms with Crippen molar-refractivity contribution >= 4 is 52.6 Å². The lowest BCUT2D eigenvalue weighted by atomic mass is 10.1. The molecule has 0 saturated carbocycles. The fraction of sp³-hybridized carbons (Fsp3) is 0.394. The van der Waals surface area contributed by atoms with Crippen LogP contribution in [0.15, 0.2) is 66.7 Å². The molecule has 0 aliphatic carbocycles. The Balaban J connectivity index is 1.09. The minimum atomic E-state index is -0.950. The minimum absolute atomic E-state index is 0.0458. The standard InChI is InChI=1S/C33H39Cl2N5O4/c1-4-23(2)37-32(41)40(22-36)27-8-6-25(7-9-27)38-15-17-39(18-16-38)26-10-12-28(13-11-26)42-20-29-21-43-33(3,44-29)30-14-5-24(34)19-31(30)35/h5-14,19,22-23,29,36H,4,15-18,20-21H2,1-3H3,(H,37,41). The molecule has 0 spiro atoms. The molecule has 9 nitrogen and oxygen atoms in total. The Bertz CT molecular complexity index is 1430. The van der Waals surface area contributed by atoms with Crippen molar-refractivity contribution in [3.8, 4) is 5.75 Å². The maximum absolute atomic E-state index is 12.5. The van der Waals surface area contributed by atoms with E-state index in [0.29, 0.717) is 28.9 Å². The van der Waals surface area contributed by atoms with Crippen molar-refractivity contribution in [3.63, 3.8) is 0 Å². The van der Waals surface area contributed by atoms with Crippen LogP contribution in [0.1, 0.15) is 32.8 Å². The summed E-state index contributed by atoms with van der Waals surface area (Å²) in [4.78, 5) is 18.6. The number of benzene rings is 3. The number of nitrogens with one attached hydrogen (secondary N) is 2. The summed E-state index contributed by atoms with van der Waals surface area (Å²) >= 11 is 12.4. The lowest BCUT2D eigenvalue weighted by Gasteiger charge is -2.37. The third kappa shape index (κ3) is 7.41. The number of hydrogen-bond acceptors (Lipinski definition) is 7. The SMILES string of the molecule is CCC(C)NC(=O)N(C=N)c1ccc(N2CCN(c3ccc(OCC4COC(C)(c5ccc(Cl)cc5Cl)O4)cc3)CC2)cc1. The normalized spacial score (nSPS) is 20.7. The zero-order valence-electron chi connectivity index (χ0n) is 25.3. The first-order valence-electron chi connectivity index (χ1n) is 14.9. The first-order valence-corrected chi connectivity index (χ1v) is 15.6. The highest BCUT2D eigenvalue weighted by molar-refractivity contribution is 6.35. The molecule has 3 atom stereocenters. The predicted molar refractivity (Wildman–Crippen MR) is 177 cm³/mol. The minimum Gasteiger partial charge on any atom is -0.491 e. The van der Waals surface area contributed by atoms with Crippen LogP contribution in [0, 0.1) is 5.41 Å². The van der Waals surface area contributed by atoms with Gasteiger partial charge in [0.1, 0.15) is 18.5 Å². The molecule has 2 aliphatic heterocycles. The molecule has 0 aromatic heterocycles. The van der Waals surface area contributed by atoms with Crippen molar-refractivity contribution < 1.29 is 19.0 Å². The van der Waals surface area contributed by atoms with E-state index in [9.17, 15) is 4.79 Å². The number of halogens is 2. The highest BCUT2D eigenvalue weighted by Crippen LogP contribution is 2.38. The van der Waals surface area contributed by atoms with Crippen LogP contribution in [0.5, 0.6) is 5.75 Å². The first kappa shape index (κ1) is 31.9. The molecule has 5 rings (SSSR count). The van der Waals surface area contributed by atoms with Crippen LogP contribution in [-0.2, 0) is 15.3 Å². The van der Waals surface area contributed by atoms with Gasteiger partial charge in [-0.25, -0.2) is 4.79 Å². The van der Waals surface area contributed by atoms with Crippen LogP contribution in [0.2, 0.25) is 10.0 Å². The van der Waals surface area contributed by atoms with Crippen molar-refractivity contribution in [2.45, 2.75) is 45.1 Å². The number of carbonyl (C=O) groups is 1. The average molecular weight is 641 g/mol. The van der Waals surface area contributed by atoms with E-state index >= 15 is 0 Å². The third-order valence-electron chi connectivity index (χ3n) is 8.10. The number of hydrogen-bond donors (Lipinski definition) is 2. The lowest BCUT2D eigenvalue weighted by Crippen LogP contribution is -2.46. The first-order chi connectivity index (χ1) is 21.2. The van der Waals surface area contributed by atoms with Gasteiger partial charge < -0.3 is 29.3 Å². The quantitative estimate of drug-likeness (QED) is 0.185. The highest BCUT2D eigenvalue weighted by atomic mass is 35.5. The number of carbonyl (C=O) groups excluding carboxylic acids is 1. The van der Waals surface area contributed by atoms with Gasteiger partial charge in [-0.2, -0.15) is 0 Å². The Morgan fingerprint density at radius 2 is 1.68 bits per heavy atom. The number of piperazine rings is 1. The fourth-order valence-electron chi connectivity index (χ4n) is 5.34. The molecule has 2 N–H and O–H groups in total. The van der Waals surface area contributed by atoms with Gasteiger partial charge in [0.25, 0.3) is 0 Å².